The lowest BCUT2D eigenvalue weighted by Gasteiger charge is -2.29. The van der Waals surface area contributed by atoms with E-state index in [0.717, 1.165) is 38.5 Å². The number of hydrogen-bond acceptors (Lipinski definition) is 6. The van der Waals surface area contributed by atoms with E-state index in [1.165, 1.54) is 327 Å². The van der Waals surface area contributed by atoms with Crippen LogP contribution in [0.3, 0.4) is 0 Å². The largest absolute Gasteiger partial charge is 0.756 e. The fourth-order valence-corrected chi connectivity index (χ4v) is 12.2. The minimum absolute atomic E-state index is 0.00406. The fourth-order valence-electron chi connectivity index (χ4n) is 11.5. The second-order valence-electron chi connectivity index (χ2n) is 27.0. The Bertz CT molecular complexity index is 1460. The van der Waals surface area contributed by atoms with E-state index in [1.54, 1.807) is 6.08 Å². The summed E-state index contributed by atoms with van der Waals surface area (Å²) >= 11 is 0. The number of carbonyl (C=O) groups excluding carboxylic acids is 1. The van der Waals surface area contributed by atoms with Gasteiger partial charge in [0.05, 0.1) is 39.9 Å². The van der Waals surface area contributed by atoms with Gasteiger partial charge in [-0.1, -0.05) is 359 Å². The van der Waals surface area contributed by atoms with Crippen molar-refractivity contribution in [1.29, 1.82) is 0 Å². The minimum atomic E-state index is -4.61. The first kappa shape index (κ1) is 82.7. The summed E-state index contributed by atoms with van der Waals surface area (Å²) in [5, 5.41) is 13.9. The van der Waals surface area contributed by atoms with E-state index < -0.39 is 20.0 Å². The van der Waals surface area contributed by atoms with Gasteiger partial charge in [0.25, 0.3) is 7.82 Å². The van der Waals surface area contributed by atoms with Crippen LogP contribution in [0.1, 0.15) is 386 Å². The third-order valence-corrected chi connectivity index (χ3v) is 18.3. The molecule has 9 heteroatoms. The predicted octanol–water partition coefficient (Wildman–Crippen LogP) is 23.4. The summed E-state index contributed by atoms with van der Waals surface area (Å²) in [5.74, 6) is -0.199. The van der Waals surface area contributed by atoms with Crippen molar-refractivity contribution in [2.75, 3.05) is 40.9 Å². The van der Waals surface area contributed by atoms with Crippen LogP contribution in [0.15, 0.2) is 36.5 Å². The maximum absolute atomic E-state index is 13.0. The van der Waals surface area contributed by atoms with Crippen LogP contribution in [0.2, 0.25) is 0 Å². The maximum atomic E-state index is 13.0. The van der Waals surface area contributed by atoms with Crippen LogP contribution in [0, 0.1) is 0 Å². The molecule has 0 fully saturated rings. The molecule has 0 aromatic carbocycles. The monoisotopic (exact) mass is 1200 g/mol. The topological polar surface area (TPSA) is 108 Å². The van der Waals surface area contributed by atoms with E-state index in [4.69, 9.17) is 9.05 Å². The first-order valence-corrected chi connectivity index (χ1v) is 38.8. The molecule has 0 spiro atoms. The van der Waals surface area contributed by atoms with Gasteiger partial charge < -0.3 is 28.8 Å². The Morgan fingerprint density at radius 2 is 0.667 bits per heavy atom. The van der Waals surface area contributed by atoms with E-state index in [-0.39, 0.29) is 19.1 Å². The van der Waals surface area contributed by atoms with Crippen LogP contribution in [0.5, 0.6) is 0 Å². The molecule has 0 aliphatic carbocycles. The van der Waals surface area contributed by atoms with Crippen molar-refractivity contribution in [3.8, 4) is 0 Å². The molecule has 1 amide bonds. The normalized spacial score (nSPS) is 13.8. The van der Waals surface area contributed by atoms with Gasteiger partial charge in [0, 0.05) is 6.42 Å². The average molecular weight is 1200 g/mol. The van der Waals surface area contributed by atoms with Crippen molar-refractivity contribution in [2.24, 2.45) is 0 Å². The lowest BCUT2D eigenvalue weighted by atomic mass is 10.0. The number of unbranched alkanes of at least 4 members (excludes halogenated alkanes) is 53. The molecule has 2 N–H and O–H groups in total. The van der Waals surface area contributed by atoms with E-state index in [9.17, 15) is 19.4 Å². The maximum Gasteiger partial charge on any atom is 0.268 e. The number of phosphoric acid groups is 1. The lowest BCUT2D eigenvalue weighted by Crippen LogP contribution is -2.45. The van der Waals surface area contributed by atoms with Gasteiger partial charge in [-0.05, 0) is 57.8 Å². The smallest absolute Gasteiger partial charge is 0.268 e. The Hall–Kier alpha value is -1.28. The number of phosphoric ester groups is 1. The molecule has 0 aromatic rings. The second-order valence-corrected chi connectivity index (χ2v) is 28.4. The summed E-state index contributed by atoms with van der Waals surface area (Å²) in [4.78, 5) is 25.6. The highest BCUT2D eigenvalue weighted by molar-refractivity contribution is 7.45. The average Bonchev–Trinajstić information content (AvgIpc) is 3.56. The van der Waals surface area contributed by atoms with Gasteiger partial charge in [-0.3, -0.25) is 9.36 Å². The molecule has 0 rings (SSSR count). The molecule has 0 aromatic heterocycles. The molecule has 0 radical (unpaired) electrons. The van der Waals surface area contributed by atoms with Gasteiger partial charge >= 0.3 is 0 Å². The van der Waals surface area contributed by atoms with E-state index >= 15 is 0 Å². The number of rotatable bonds is 70. The molecule has 0 saturated carbocycles. The number of quaternary nitrogens is 1. The quantitative estimate of drug-likeness (QED) is 0.0272. The Labute approximate surface area is 525 Å². The molecule has 0 saturated heterocycles. The molecule has 3 atom stereocenters. The molecule has 8 nitrogen and oxygen atoms in total. The molecule has 0 heterocycles. The van der Waals surface area contributed by atoms with Crippen molar-refractivity contribution in [3.05, 3.63) is 36.5 Å². The fraction of sp³-hybridized carbons (Fsp3) is 0.907. The molecule has 84 heavy (non-hydrogen) atoms. The zero-order valence-corrected chi connectivity index (χ0v) is 58.0. The van der Waals surface area contributed by atoms with Crippen molar-refractivity contribution in [3.63, 3.8) is 0 Å². The number of likely N-dealkylation sites (N-methyl/N-ethyl adjacent to an activating group) is 1. The van der Waals surface area contributed by atoms with Crippen LogP contribution in [-0.4, -0.2) is 68.5 Å². The van der Waals surface area contributed by atoms with Gasteiger partial charge in [-0.15, -0.1) is 0 Å². The Morgan fingerprint density at radius 3 is 0.964 bits per heavy atom. The molecule has 3 unspecified atom stereocenters. The summed E-state index contributed by atoms with van der Waals surface area (Å²) in [7, 11) is 1.26. The summed E-state index contributed by atoms with van der Waals surface area (Å²) in [6.45, 7) is 4.68. The number of nitrogens with one attached hydrogen (secondary N) is 1. The van der Waals surface area contributed by atoms with E-state index in [2.05, 4.69) is 43.5 Å². The summed E-state index contributed by atoms with van der Waals surface area (Å²) in [5.41, 5.74) is 0. The predicted molar refractivity (Wildman–Crippen MR) is 367 cm³/mol. The second kappa shape index (κ2) is 66.1. The van der Waals surface area contributed by atoms with Crippen molar-refractivity contribution >= 4 is 13.7 Å². The van der Waals surface area contributed by atoms with E-state index in [0.29, 0.717) is 17.4 Å². The minimum Gasteiger partial charge on any atom is -0.756 e. The van der Waals surface area contributed by atoms with Crippen LogP contribution in [-0.2, 0) is 18.4 Å². The van der Waals surface area contributed by atoms with Crippen LogP contribution in [0.25, 0.3) is 0 Å². The van der Waals surface area contributed by atoms with Crippen molar-refractivity contribution in [2.45, 2.75) is 398 Å². The zero-order valence-electron chi connectivity index (χ0n) is 57.1. The van der Waals surface area contributed by atoms with Gasteiger partial charge in [-0.2, -0.15) is 0 Å². The van der Waals surface area contributed by atoms with Gasteiger partial charge in [0.2, 0.25) is 5.91 Å². The zero-order chi connectivity index (χ0) is 61.2. The summed E-state index contributed by atoms with van der Waals surface area (Å²) in [6, 6.07) is -0.902. The first-order chi connectivity index (χ1) is 41.0. The van der Waals surface area contributed by atoms with Gasteiger partial charge in [-0.25, -0.2) is 0 Å². The lowest BCUT2D eigenvalue weighted by molar-refractivity contribution is -0.870. The molecular weight excluding hydrogens is 1060 g/mol. The highest BCUT2D eigenvalue weighted by Crippen LogP contribution is 2.38. The van der Waals surface area contributed by atoms with Gasteiger partial charge in [0.15, 0.2) is 0 Å². The van der Waals surface area contributed by atoms with E-state index in [1.807, 2.05) is 27.2 Å². The standard InChI is InChI=1S/C75H147N2O6P/c1-6-8-10-12-14-16-18-20-22-24-26-28-29-30-31-32-33-34-35-36-37-38-39-40-41-42-43-44-45-46-47-49-51-53-55-57-59-61-63-65-67-69-75(79)76-73(72-83-84(80,81)82-71-70-77(3,4)5)74(78)68-66-64-62-60-58-56-54-52-50-48-27-25-23-21-19-17-15-13-11-9-7-2/h24,26,58,60,66,68,73-74,78H,6-23,25,27-57,59,61-65,67,69-72H2,1-5H3,(H-,76,79,80,81)/b26-24-,60-58+,68-66+. The van der Waals surface area contributed by atoms with Crippen LogP contribution < -0.4 is 10.2 Å². The SMILES string of the molecule is CCCCCCCCCC/C=C\CCCCCCCCCCCCCCCCCCCCCCCCCCCCCCCC(=O)NC(COP(=O)([O-])OCC[N+](C)(C)C)C(O)/C=C/CC/C=C/CCCCCCCCCCCCCCCCC. The number of aliphatic hydroxyl groups excluding tert-OH is 1. The number of allylic oxidation sites excluding steroid dienone is 5. The number of amides is 1. The molecule has 0 bridgehead atoms. The Kier molecular flexibility index (Phi) is 65.1. The Balaban J connectivity index is 3.91. The molecular formula is C75H147N2O6P. The molecule has 498 valence electrons. The van der Waals surface area contributed by atoms with Gasteiger partial charge in [0.1, 0.15) is 13.2 Å². The highest BCUT2D eigenvalue weighted by atomic mass is 31.2. The van der Waals surface area contributed by atoms with Crippen molar-refractivity contribution in [1.82, 2.24) is 5.32 Å². The van der Waals surface area contributed by atoms with Crippen molar-refractivity contribution < 1.29 is 32.9 Å². The molecule has 0 aliphatic rings. The number of nitrogens with zero attached hydrogens (tertiary/aromatic N) is 1. The molecule has 0 aliphatic heterocycles. The summed E-state index contributed by atoms with van der Waals surface area (Å²) in [6.07, 6.45) is 88.8. The first-order valence-electron chi connectivity index (χ1n) is 37.4. The van der Waals surface area contributed by atoms with Crippen LogP contribution >= 0.6 is 7.82 Å². The number of carbonyl (C=O) groups is 1. The number of aliphatic hydroxyl groups is 1. The summed E-state index contributed by atoms with van der Waals surface area (Å²) < 4.78 is 23.4. The van der Waals surface area contributed by atoms with Crippen LogP contribution in [0.4, 0.5) is 0 Å². The highest BCUT2D eigenvalue weighted by Gasteiger charge is 2.23. The third-order valence-electron chi connectivity index (χ3n) is 17.3. The Morgan fingerprint density at radius 1 is 0.405 bits per heavy atom. The third kappa shape index (κ3) is 68.2. The number of hydrogen-bond donors (Lipinski definition) is 2.